The first-order valence-corrected chi connectivity index (χ1v) is 4.89. The van der Waals surface area contributed by atoms with Crippen molar-refractivity contribution in [3.63, 3.8) is 0 Å². The highest BCUT2D eigenvalue weighted by Gasteiger charge is 2.31. The maximum Gasteiger partial charge on any atom is 0.272 e. The van der Waals surface area contributed by atoms with Gasteiger partial charge in [-0.15, -0.1) is 0 Å². The number of hydrogen-bond acceptors (Lipinski definition) is 4. The summed E-state index contributed by atoms with van der Waals surface area (Å²) in [6.07, 6.45) is 1.52. The summed E-state index contributed by atoms with van der Waals surface area (Å²) in [5.41, 5.74) is 6.98. The predicted molar refractivity (Wildman–Crippen MR) is 56.7 cm³/mol. The van der Waals surface area contributed by atoms with Gasteiger partial charge in [0, 0.05) is 11.8 Å². The summed E-state index contributed by atoms with van der Waals surface area (Å²) >= 11 is 0. The molecule has 82 valence electrons. The molecule has 5 heteroatoms. The van der Waals surface area contributed by atoms with E-state index >= 15 is 0 Å². The van der Waals surface area contributed by atoms with E-state index in [1.807, 2.05) is 6.92 Å². The monoisotopic (exact) mass is 208 g/mol. The van der Waals surface area contributed by atoms with E-state index in [-0.39, 0.29) is 11.8 Å². The highest BCUT2D eigenvalue weighted by molar-refractivity contribution is 5.86. The third-order valence-corrected chi connectivity index (χ3v) is 2.42. The summed E-state index contributed by atoms with van der Waals surface area (Å²) < 4.78 is 0. The molecule has 5 nitrogen and oxygen atoms in total. The molecule has 0 aliphatic carbocycles. The lowest BCUT2D eigenvalue weighted by Crippen LogP contribution is -2.30. The van der Waals surface area contributed by atoms with Gasteiger partial charge in [-0.05, 0) is 20.1 Å². The molecule has 15 heavy (non-hydrogen) atoms. The van der Waals surface area contributed by atoms with Crippen LogP contribution in [0.1, 0.15) is 26.7 Å². The van der Waals surface area contributed by atoms with Crippen LogP contribution in [0.2, 0.25) is 0 Å². The summed E-state index contributed by atoms with van der Waals surface area (Å²) in [5.74, 6) is -1.07. The van der Waals surface area contributed by atoms with Crippen molar-refractivity contribution >= 4 is 12.6 Å². The van der Waals surface area contributed by atoms with Crippen LogP contribution in [0.3, 0.4) is 0 Å². The molecule has 0 radical (unpaired) electrons. The maximum atomic E-state index is 11.3. The fourth-order valence-electron chi connectivity index (χ4n) is 1.54. The lowest BCUT2D eigenvalue weighted by atomic mass is 9.84. The molecule has 1 amide bonds. The number of aliphatic imine (C=N–C) groups is 1. The fraction of sp³-hybridized carbons (Fsp3) is 0.700. The van der Waals surface area contributed by atoms with Crippen LogP contribution in [0.15, 0.2) is 10.1 Å². The molecule has 0 fully saturated rings. The largest absolute Gasteiger partial charge is 0.272 e. The Balaban J connectivity index is 4.85. The molecule has 0 aromatic rings. The quantitative estimate of drug-likeness (QED) is 0.535. The number of carbonyl (C=O) groups excluding carboxylic acids is 1. The maximum absolute atomic E-state index is 11.3. The Morgan fingerprint density at radius 1 is 1.67 bits per heavy atom. The Hall–Kier alpha value is -1.57. The Morgan fingerprint density at radius 3 is 2.60 bits per heavy atom. The first kappa shape index (κ1) is 13.4. The molecule has 3 atom stereocenters. The molecular formula is C10H16N4O. The van der Waals surface area contributed by atoms with Crippen LogP contribution in [-0.4, -0.2) is 18.7 Å². The van der Waals surface area contributed by atoms with Crippen molar-refractivity contribution in [1.82, 2.24) is 0 Å². The van der Waals surface area contributed by atoms with Gasteiger partial charge in [0.15, 0.2) is 6.04 Å². The van der Waals surface area contributed by atoms with Gasteiger partial charge in [-0.2, -0.15) is 10.4 Å². The van der Waals surface area contributed by atoms with E-state index < -0.39 is 11.9 Å². The second kappa shape index (κ2) is 6.82. The predicted octanol–water partition coefficient (Wildman–Crippen LogP) is 2.19. The van der Waals surface area contributed by atoms with Crippen LogP contribution in [0.5, 0.6) is 0 Å². The van der Waals surface area contributed by atoms with E-state index in [4.69, 9.17) is 10.8 Å². The number of amides is 1. The fourth-order valence-corrected chi connectivity index (χ4v) is 1.54. The van der Waals surface area contributed by atoms with Crippen LogP contribution >= 0.6 is 0 Å². The SMILES string of the molecule is C=NC(=O)C(N=N)C(CCC)C(C)C#N. The third-order valence-electron chi connectivity index (χ3n) is 2.42. The van der Waals surface area contributed by atoms with Crippen LogP contribution in [0.25, 0.3) is 0 Å². The topological polar surface area (TPSA) is 89.4 Å². The molecule has 0 aliphatic heterocycles. The van der Waals surface area contributed by atoms with E-state index in [9.17, 15) is 4.79 Å². The highest BCUT2D eigenvalue weighted by Crippen LogP contribution is 2.24. The lowest BCUT2D eigenvalue weighted by Gasteiger charge is -2.21. The van der Waals surface area contributed by atoms with Crippen molar-refractivity contribution in [2.75, 3.05) is 0 Å². The molecule has 0 aromatic heterocycles. The normalized spacial score (nSPS) is 15.8. The minimum absolute atomic E-state index is 0.240. The average Bonchev–Trinajstić information content (AvgIpc) is 2.27. The number of nitriles is 1. The first-order valence-electron chi connectivity index (χ1n) is 4.89. The molecule has 3 unspecified atom stereocenters. The zero-order valence-electron chi connectivity index (χ0n) is 9.10. The minimum Gasteiger partial charge on any atom is -0.270 e. The summed E-state index contributed by atoms with van der Waals surface area (Å²) in [5, 5.41) is 12.1. The van der Waals surface area contributed by atoms with E-state index in [1.165, 1.54) is 0 Å². The Bertz CT molecular complexity index is 282. The summed E-state index contributed by atoms with van der Waals surface area (Å²) in [4.78, 5) is 14.6. The van der Waals surface area contributed by atoms with Gasteiger partial charge in [0.1, 0.15) is 0 Å². The Kier molecular flexibility index (Phi) is 6.11. The van der Waals surface area contributed by atoms with E-state index in [1.54, 1.807) is 6.92 Å². The number of nitrogens with zero attached hydrogens (tertiary/aromatic N) is 3. The molecule has 0 saturated carbocycles. The second-order valence-corrected chi connectivity index (χ2v) is 3.44. The van der Waals surface area contributed by atoms with Gasteiger partial charge < -0.3 is 0 Å². The summed E-state index contributed by atoms with van der Waals surface area (Å²) in [6.45, 7) is 6.82. The van der Waals surface area contributed by atoms with Gasteiger partial charge in [-0.25, -0.2) is 10.5 Å². The van der Waals surface area contributed by atoms with Crippen molar-refractivity contribution in [1.29, 1.82) is 10.8 Å². The first-order chi connectivity index (χ1) is 7.12. The number of carbonyl (C=O) groups is 1. The number of hydrogen-bond donors (Lipinski definition) is 1. The van der Waals surface area contributed by atoms with Gasteiger partial charge in [-0.1, -0.05) is 13.3 Å². The molecule has 0 spiro atoms. The molecule has 1 N–H and O–H groups in total. The molecule has 0 rings (SSSR count). The number of rotatable bonds is 6. The van der Waals surface area contributed by atoms with Gasteiger partial charge in [0.25, 0.3) is 5.91 Å². The van der Waals surface area contributed by atoms with Crippen LogP contribution in [-0.2, 0) is 4.79 Å². The van der Waals surface area contributed by atoms with Gasteiger partial charge in [0.2, 0.25) is 0 Å². The second-order valence-electron chi connectivity index (χ2n) is 3.44. The standard InChI is InChI=1S/C10H16N4O/c1-4-5-8(7(2)6-11)9(14-12)10(15)13-3/h7-9,12H,3-5H2,1-2H3. The van der Waals surface area contributed by atoms with Gasteiger partial charge >= 0.3 is 0 Å². The summed E-state index contributed by atoms with van der Waals surface area (Å²) in [7, 11) is 0. The highest BCUT2D eigenvalue weighted by atomic mass is 16.1. The molecular weight excluding hydrogens is 192 g/mol. The molecule has 0 aliphatic rings. The minimum atomic E-state index is -0.850. The van der Waals surface area contributed by atoms with Gasteiger partial charge in [-0.3, -0.25) is 4.79 Å². The van der Waals surface area contributed by atoms with Crippen molar-refractivity contribution < 1.29 is 4.79 Å². The Labute approximate surface area is 89.7 Å². The summed E-state index contributed by atoms with van der Waals surface area (Å²) in [6, 6.07) is 1.24. The van der Waals surface area contributed by atoms with E-state index in [2.05, 4.69) is 22.9 Å². The molecule has 0 aromatic carbocycles. The van der Waals surface area contributed by atoms with Crippen LogP contribution < -0.4 is 0 Å². The zero-order valence-corrected chi connectivity index (χ0v) is 9.10. The lowest BCUT2D eigenvalue weighted by molar-refractivity contribution is -0.120. The zero-order chi connectivity index (χ0) is 11.8. The average molecular weight is 208 g/mol. The molecule has 0 bridgehead atoms. The van der Waals surface area contributed by atoms with Crippen molar-refractivity contribution in [2.24, 2.45) is 21.9 Å². The van der Waals surface area contributed by atoms with E-state index in [0.29, 0.717) is 6.42 Å². The van der Waals surface area contributed by atoms with Gasteiger partial charge in [0.05, 0.1) is 6.07 Å². The molecule has 0 heterocycles. The Morgan fingerprint density at radius 2 is 2.27 bits per heavy atom. The van der Waals surface area contributed by atoms with E-state index in [0.717, 1.165) is 6.42 Å². The smallest absolute Gasteiger partial charge is 0.270 e. The number of nitrogens with one attached hydrogen (secondary N) is 1. The van der Waals surface area contributed by atoms with Crippen molar-refractivity contribution in [2.45, 2.75) is 32.7 Å². The van der Waals surface area contributed by atoms with Crippen LogP contribution in [0.4, 0.5) is 0 Å². The van der Waals surface area contributed by atoms with Crippen molar-refractivity contribution in [3.8, 4) is 6.07 Å². The molecule has 0 saturated heterocycles. The van der Waals surface area contributed by atoms with Crippen molar-refractivity contribution in [3.05, 3.63) is 0 Å². The third kappa shape index (κ3) is 3.58. The van der Waals surface area contributed by atoms with Crippen LogP contribution in [0, 0.1) is 28.7 Å².